The molecule has 1 aliphatic heterocycles. The molecule has 0 amide bonds. The molecular weight excluding hydrogens is 226 g/mol. The zero-order valence-corrected chi connectivity index (χ0v) is 10.8. The molecule has 1 atom stereocenters. The van der Waals surface area contributed by atoms with E-state index in [1.807, 2.05) is 18.2 Å². The summed E-state index contributed by atoms with van der Waals surface area (Å²) in [5, 5.41) is 9.84. The summed E-state index contributed by atoms with van der Waals surface area (Å²) in [6.45, 7) is 4.21. The van der Waals surface area contributed by atoms with Crippen LogP contribution in [0.3, 0.4) is 0 Å². The summed E-state index contributed by atoms with van der Waals surface area (Å²) in [6, 6.07) is 6.03. The third-order valence-corrected chi connectivity index (χ3v) is 4.06. The van der Waals surface area contributed by atoms with E-state index in [0.717, 1.165) is 37.3 Å². The SMILES string of the molecule is OC1CCc2c(OCCN3CCCC3)cccc21. The molecule has 3 rings (SSSR count). The van der Waals surface area contributed by atoms with Gasteiger partial charge in [0.1, 0.15) is 12.4 Å². The standard InChI is InChI=1S/C15H21NO2/c17-14-7-6-13-12(14)4-3-5-15(13)18-11-10-16-8-1-2-9-16/h3-5,14,17H,1-2,6-11H2. The molecule has 0 bridgehead atoms. The molecule has 1 heterocycles. The Labute approximate surface area is 108 Å². The average Bonchev–Trinajstić information content (AvgIpc) is 3.01. The van der Waals surface area contributed by atoms with E-state index >= 15 is 0 Å². The fourth-order valence-electron chi connectivity index (χ4n) is 3.03. The maximum absolute atomic E-state index is 9.84. The van der Waals surface area contributed by atoms with Crippen LogP contribution in [0.2, 0.25) is 0 Å². The number of likely N-dealkylation sites (tertiary alicyclic amines) is 1. The largest absolute Gasteiger partial charge is 0.492 e. The Bertz CT molecular complexity index is 413. The molecule has 98 valence electrons. The van der Waals surface area contributed by atoms with Crippen LogP contribution in [0, 0.1) is 0 Å². The molecule has 0 spiro atoms. The predicted octanol–water partition coefficient (Wildman–Crippen LogP) is 2.14. The summed E-state index contributed by atoms with van der Waals surface area (Å²) >= 11 is 0. The highest BCUT2D eigenvalue weighted by Crippen LogP contribution is 2.36. The first-order valence-electron chi connectivity index (χ1n) is 6.99. The number of aliphatic hydroxyl groups is 1. The molecule has 0 aromatic heterocycles. The van der Waals surface area contributed by atoms with E-state index in [4.69, 9.17) is 4.74 Å². The molecule has 1 aliphatic carbocycles. The lowest BCUT2D eigenvalue weighted by atomic mass is 10.1. The zero-order chi connectivity index (χ0) is 12.4. The first kappa shape index (κ1) is 12.0. The van der Waals surface area contributed by atoms with Crippen LogP contribution in [0.15, 0.2) is 18.2 Å². The minimum absolute atomic E-state index is 0.290. The van der Waals surface area contributed by atoms with Gasteiger partial charge >= 0.3 is 0 Å². The number of rotatable bonds is 4. The van der Waals surface area contributed by atoms with Gasteiger partial charge in [-0.2, -0.15) is 0 Å². The van der Waals surface area contributed by atoms with E-state index in [2.05, 4.69) is 4.90 Å². The second kappa shape index (κ2) is 5.29. The van der Waals surface area contributed by atoms with Crippen molar-refractivity contribution >= 4 is 0 Å². The molecule has 1 aromatic rings. The third-order valence-electron chi connectivity index (χ3n) is 4.06. The minimum Gasteiger partial charge on any atom is -0.492 e. The van der Waals surface area contributed by atoms with Crippen LogP contribution in [0.4, 0.5) is 0 Å². The van der Waals surface area contributed by atoms with Crippen LogP contribution < -0.4 is 4.74 Å². The number of nitrogens with zero attached hydrogens (tertiary/aromatic N) is 1. The van der Waals surface area contributed by atoms with Crippen LogP contribution in [-0.4, -0.2) is 36.2 Å². The molecule has 0 radical (unpaired) electrons. The van der Waals surface area contributed by atoms with Gasteiger partial charge in [-0.1, -0.05) is 12.1 Å². The normalized spacial score (nSPS) is 23.3. The van der Waals surface area contributed by atoms with Gasteiger partial charge in [0.15, 0.2) is 0 Å². The number of ether oxygens (including phenoxy) is 1. The summed E-state index contributed by atoms with van der Waals surface area (Å²) in [7, 11) is 0. The first-order valence-corrected chi connectivity index (χ1v) is 6.99. The van der Waals surface area contributed by atoms with Gasteiger partial charge < -0.3 is 9.84 Å². The van der Waals surface area contributed by atoms with Crippen molar-refractivity contribution in [3.05, 3.63) is 29.3 Å². The van der Waals surface area contributed by atoms with Crippen molar-refractivity contribution in [3.8, 4) is 5.75 Å². The molecule has 1 fully saturated rings. The molecule has 1 saturated heterocycles. The Morgan fingerprint density at radius 2 is 2.11 bits per heavy atom. The van der Waals surface area contributed by atoms with Crippen LogP contribution in [-0.2, 0) is 6.42 Å². The van der Waals surface area contributed by atoms with Gasteiger partial charge in [-0.3, -0.25) is 4.90 Å². The van der Waals surface area contributed by atoms with Crippen molar-refractivity contribution in [2.45, 2.75) is 31.8 Å². The van der Waals surface area contributed by atoms with Crippen LogP contribution >= 0.6 is 0 Å². The quantitative estimate of drug-likeness (QED) is 0.885. The van der Waals surface area contributed by atoms with Gasteiger partial charge in [0, 0.05) is 12.1 Å². The molecule has 3 heteroatoms. The Morgan fingerprint density at radius 3 is 2.94 bits per heavy atom. The van der Waals surface area contributed by atoms with Gasteiger partial charge in [0.25, 0.3) is 0 Å². The lowest BCUT2D eigenvalue weighted by molar-refractivity contribution is 0.180. The number of hydrogen-bond acceptors (Lipinski definition) is 3. The summed E-state index contributed by atoms with van der Waals surface area (Å²) in [4.78, 5) is 2.46. The van der Waals surface area contributed by atoms with E-state index < -0.39 is 0 Å². The summed E-state index contributed by atoms with van der Waals surface area (Å²) in [5.41, 5.74) is 2.28. The molecule has 0 saturated carbocycles. The summed E-state index contributed by atoms with van der Waals surface area (Å²) in [5.74, 6) is 0.975. The highest BCUT2D eigenvalue weighted by Gasteiger charge is 2.23. The molecule has 1 unspecified atom stereocenters. The zero-order valence-electron chi connectivity index (χ0n) is 10.8. The van der Waals surface area contributed by atoms with Gasteiger partial charge in [0.05, 0.1) is 6.10 Å². The van der Waals surface area contributed by atoms with Crippen molar-refractivity contribution in [2.24, 2.45) is 0 Å². The first-order chi connectivity index (χ1) is 8.84. The van der Waals surface area contributed by atoms with E-state index in [9.17, 15) is 5.11 Å². The molecule has 3 nitrogen and oxygen atoms in total. The highest BCUT2D eigenvalue weighted by molar-refractivity contribution is 5.44. The Morgan fingerprint density at radius 1 is 1.28 bits per heavy atom. The van der Waals surface area contributed by atoms with E-state index in [0.29, 0.717) is 0 Å². The second-order valence-electron chi connectivity index (χ2n) is 5.28. The summed E-state index contributed by atoms with van der Waals surface area (Å²) < 4.78 is 5.91. The molecule has 1 aromatic carbocycles. The Kier molecular flexibility index (Phi) is 3.52. The Balaban J connectivity index is 1.59. The second-order valence-corrected chi connectivity index (χ2v) is 5.28. The van der Waals surface area contributed by atoms with E-state index in [1.54, 1.807) is 0 Å². The van der Waals surface area contributed by atoms with Crippen LogP contribution in [0.25, 0.3) is 0 Å². The minimum atomic E-state index is -0.290. The molecule has 18 heavy (non-hydrogen) atoms. The monoisotopic (exact) mass is 247 g/mol. The lowest BCUT2D eigenvalue weighted by Gasteiger charge is -2.16. The topological polar surface area (TPSA) is 32.7 Å². The number of hydrogen-bond donors (Lipinski definition) is 1. The van der Waals surface area contributed by atoms with E-state index in [1.165, 1.54) is 31.5 Å². The maximum atomic E-state index is 9.84. The van der Waals surface area contributed by atoms with E-state index in [-0.39, 0.29) is 6.10 Å². The Hall–Kier alpha value is -1.06. The molecular formula is C15H21NO2. The molecule has 1 N–H and O–H groups in total. The summed E-state index contributed by atoms with van der Waals surface area (Å²) in [6.07, 6.45) is 4.14. The van der Waals surface area contributed by atoms with Gasteiger partial charge in [-0.05, 0) is 50.4 Å². The third kappa shape index (κ3) is 2.38. The fraction of sp³-hybridized carbons (Fsp3) is 0.600. The number of aliphatic hydroxyl groups excluding tert-OH is 1. The smallest absolute Gasteiger partial charge is 0.122 e. The fourth-order valence-corrected chi connectivity index (χ4v) is 3.03. The lowest BCUT2D eigenvalue weighted by Crippen LogP contribution is -2.25. The highest BCUT2D eigenvalue weighted by atomic mass is 16.5. The van der Waals surface area contributed by atoms with Crippen molar-refractivity contribution < 1.29 is 9.84 Å². The van der Waals surface area contributed by atoms with Crippen molar-refractivity contribution in [1.29, 1.82) is 0 Å². The average molecular weight is 247 g/mol. The van der Waals surface area contributed by atoms with Gasteiger partial charge in [-0.25, -0.2) is 0 Å². The number of benzene rings is 1. The van der Waals surface area contributed by atoms with Crippen molar-refractivity contribution in [2.75, 3.05) is 26.2 Å². The predicted molar refractivity (Wildman–Crippen MR) is 70.9 cm³/mol. The van der Waals surface area contributed by atoms with Crippen molar-refractivity contribution in [1.82, 2.24) is 4.90 Å². The molecule has 2 aliphatic rings. The number of fused-ring (bicyclic) bond motifs is 1. The van der Waals surface area contributed by atoms with Gasteiger partial charge in [0.2, 0.25) is 0 Å². The van der Waals surface area contributed by atoms with Crippen LogP contribution in [0.5, 0.6) is 5.75 Å². The maximum Gasteiger partial charge on any atom is 0.122 e. The van der Waals surface area contributed by atoms with Crippen molar-refractivity contribution in [3.63, 3.8) is 0 Å². The van der Waals surface area contributed by atoms with Crippen LogP contribution in [0.1, 0.15) is 36.5 Å². The van der Waals surface area contributed by atoms with Gasteiger partial charge in [-0.15, -0.1) is 0 Å².